The van der Waals surface area contributed by atoms with E-state index in [1.54, 1.807) is 13.2 Å². The molecule has 0 heterocycles. The van der Waals surface area contributed by atoms with Gasteiger partial charge in [0.2, 0.25) is 0 Å². The predicted molar refractivity (Wildman–Crippen MR) is 80.9 cm³/mol. The average molecular weight is 268 g/mol. The summed E-state index contributed by atoms with van der Waals surface area (Å²) in [5.74, 6) is -0.110. The number of ether oxygens (including phenoxy) is 1. The van der Waals surface area contributed by atoms with Crippen LogP contribution in [0.1, 0.15) is 12.5 Å². The van der Waals surface area contributed by atoms with Crippen LogP contribution in [0.4, 0.5) is 0 Å². The Labute approximate surface area is 117 Å². The lowest BCUT2D eigenvalue weighted by Gasteiger charge is -2.05. The van der Waals surface area contributed by atoms with Gasteiger partial charge in [-0.3, -0.25) is 0 Å². The molecule has 0 aliphatic heterocycles. The summed E-state index contributed by atoms with van der Waals surface area (Å²) >= 11 is 0. The Morgan fingerprint density at radius 2 is 1.85 bits per heavy atom. The number of methoxy groups -OCH3 is 1. The molecule has 2 aromatic carbocycles. The molecule has 0 aliphatic carbocycles. The van der Waals surface area contributed by atoms with Crippen molar-refractivity contribution in [2.45, 2.75) is 6.92 Å². The van der Waals surface area contributed by atoms with E-state index in [9.17, 15) is 4.79 Å². The van der Waals surface area contributed by atoms with Gasteiger partial charge in [-0.15, -0.1) is 0 Å². The molecule has 0 aromatic heterocycles. The first-order valence-corrected chi connectivity index (χ1v) is 6.26. The third-order valence-electron chi connectivity index (χ3n) is 3.09. The molecule has 0 unspecified atom stereocenters. The van der Waals surface area contributed by atoms with E-state index >= 15 is 0 Å². The molecule has 0 amide bonds. The average Bonchev–Trinajstić information content (AvgIpc) is 2.45. The van der Waals surface area contributed by atoms with Crippen LogP contribution in [0.5, 0.6) is 5.75 Å². The van der Waals surface area contributed by atoms with Gasteiger partial charge in [-0.05, 0) is 47.0 Å². The highest BCUT2D eigenvalue weighted by molar-refractivity contribution is 5.87. The molecule has 3 nitrogen and oxygen atoms in total. The molecule has 0 bridgehead atoms. The van der Waals surface area contributed by atoms with Crippen LogP contribution in [0.3, 0.4) is 0 Å². The van der Waals surface area contributed by atoms with Crippen LogP contribution >= 0.6 is 0 Å². The van der Waals surface area contributed by atoms with Crippen molar-refractivity contribution >= 4 is 22.3 Å². The summed E-state index contributed by atoms with van der Waals surface area (Å²) in [6, 6.07) is 12.1. The van der Waals surface area contributed by atoms with Crippen molar-refractivity contribution < 1.29 is 14.6 Å². The Hall–Kier alpha value is -2.55. The summed E-state index contributed by atoms with van der Waals surface area (Å²) in [5, 5.41) is 10.8. The lowest BCUT2D eigenvalue weighted by Crippen LogP contribution is -1.85. The number of benzene rings is 2. The molecule has 0 spiro atoms. The molecule has 102 valence electrons. The quantitative estimate of drug-likeness (QED) is 0.676. The van der Waals surface area contributed by atoms with E-state index in [4.69, 9.17) is 9.84 Å². The van der Waals surface area contributed by atoms with Gasteiger partial charge in [0, 0.05) is 6.08 Å². The van der Waals surface area contributed by atoms with Crippen molar-refractivity contribution in [3.05, 3.63) is 60.2 Å². The molecule has 1 N–H and O–H groups in total. The maximum Gasteiger partial charge on any atom is 0.328 e. The molecule has 2 aromatic rings. The summed E-state index contributed by atoms with van der Waals surface area (Å²) in [7, 11) is 1.65. The van der Waals surface area contributed by atoms with Gasteiger partial charge in [0.05, 0.1) is 7.11 Å². The molecule has 0 saturated carbocycles. The van der Waals surface area contributed by atoms with Gasteiger partial charge < -0.3 is 9.84 Å². The van der Waals surface area contributed by atoms with Gasteiger partial charge >= 0.3 is 5.97 Å². The Balaban J connectivity index is 2.34. The highest BCUT2D eigenvalue weighted by Gasteiger charge is 2.00. The summed E-state index contributed by atoms with van der Waals surface area (Å²) in [6.45, 7) is 1.96. The normalized spacial score (nSPS) is 12.0. The molecule has 3 heteroatoms. The van der Waals surface area contributed by atoms with Crippen LogP contribution in [-0.4, -0.2) is 18.2 Å². The second kappa shape index (κ2) is 6.06. The van der Waals surface area contributed by atoms with Crippen molar-refractivity contribution in [1.29, 1.82) is 0 Å². The fourth-order valence-corrected chi connectivity index (χ4v) is 1.97. The molecule has 0 radical (unpaired) electrons. The third-order valence-corrected chi connectivity index (χ3v) is 3.09. The number of carboxylic acids is 1. The third kappa shape index (κ3) is 3.26. The van der Waals surface area contributed by atoms with Crippen molar-refractivity contribution in [1.82, 2.24) is 0 Å². The molecular formula is C17H16O3. The SMILES string of the molecule is COc1ccc2cc(/C(C)=C/C=C/C(=O)O)ccc2c1. The number of hydrogen-bond acceptors (Lipinski definition) is 2. The number of rotatable bonds is 4. The van der Waals surface area contributed by atoms with Gasteiger partial charge in [0.15, 0.2) is 0 Å². The Bertz CT molecular complexity index is 696. The van der Waals surface area contributed by atoms with E-state index < -0.39 is 5.97 Å². The van der Waals surface area contributed by atoms with E-state index in [1.807, 2.05) is 37.3 Å². The maximum absolute atomic E-state index is 10.4. The van der Waals surface area contributed by atoms with E-state index in [1.165, 1.54) is 6.08 Å². The van der Waals surface area contributed by atoms with Crippen LogP contribution in [0.25, 0.3) is 16.3 Å². The largest absolute Gasteiger partial charge is 0.497 e. The zero-order valence-corrected chi connectivity index (χ0v) is 11.5. The lowest BCUT2D eigenvalue weighted by molar-refractivity contribution is -0.131. The second-order valence-electron chi connectivity index (χ2n) is 4.47. The number of allylic oxidation sites excluding steroid dienone is 3. The number of hydrogen-bond donors (Lipinski definition) is 1. The summed E-state index contributed by atoms with van der Waals surface area (Å²) in [4.78, 5) is 10.4. The topological polar surface area (TPSA) is 46.5 Å². The maximum atomic E-state index is 10.4. The zero-order chi connectivity index (χ0) is 14.5. The zero-order valence-electron chi connectivity index (χ0n) is 11.5. The van der Waals surface area contributed by atoms with E-state index in [0.29, 0.717) is 0 Å². The van der Waals surface area contributed by atoms with Gasteiger partial charge in [-0.1, -0.05) is 30.4 Å². The van der Waals surface area contributed by atoms with E-state index in [2.05, 4.69) is 6.07 Å². The minimum Gasteiger partial charge on any atom is -0.497 e. The standard InChI is InChI=1S/C17H16O3/c1-12(4-3-5-17(18)19)13-6-7-15-11-16(20-2)9-8-14(15)10-13/h3-11H,1-2H3,(H,18,19)/b5-3+,12-4+. The highest BCUT2D eigenvalue weighted by atomic mass is 16.5. The number of carboxylic acid groups (broad SMARTS) is 1. The molecular weight excluding hydrogens is 252 g/mol. The van der Waals surface area contributed by atoms with Crippen molar-refractivity contribution in [3.8, 4) is 5.75 Å². The minimum atomic E-state index is -0.945. The van der Waals surface area contributed by atoms with Crippen LogP contribution < -0.4 is 4.74 Å². The summed E-state index contributed by atoms with van der Waals surface area (Å²) in [5.41, 5.74) is 2.08. The van der Waals surface area contributed by atoms with Gasteiger partial charge in [0.1, 0.15) is 5.75 Å². The first-order valence-electron chi connectivity index (χ1n) is 6.26. The number of fused-ring (bicyclic) bond motifs is 1. The molecule has 0 fully saturated rings. The van der Waals surface area contributed by atoms with Crippen molar-refractivity contribution in [2.24, 2.45) is 0 Å². The van der Waals surface area contributed by atoms with Crippen LogP contribution in [0.15, 0.2) is 54.6 Å². The Morgan fingerprint density at radius 3 is 2.55 bits per heavy atom. The molecule has 20 heavy (non-hydrogen) atoms. The molecule has 0 aliphatic rings. The second-order valence-corrected chi connectivity index (χ2v) is 4.47. The monoisotopic (exact) mass is 268 g/mol. The number of aliphatic carboxylic acids is 1. The fourth-order valence-electron chi connectivity index (χ4n) is 1.97. The van der Waals surface area contributed by atoms with Crippen molar-refractivity contribution in [2.75, 3.05) is 7.11 Å². The Kier molecular flexibility index (Phi) is 4.20. The van der Waals surface area contributed by atoms with Gasteiger partial charge in [-0.25, -0.2) is 4.79 Å². The highest BCUT2D eigenvalue weighted by Crippen LogP contribution is 2.24. The van der Waals surface area contributed by atoms with Gasteiger partial charge in [-0.2, -0.15) is 0 Å². The minimum absolute atomic E-state index is 0.835. The summed E-state index contributed by atoms with van der Waals surface area (Å²) in [6.07, 6.45) is 4.45. The first-order chi connectivity index (χ1) is 9.60. The molecule has 2 rings (SSSR count). The van der Waals surface area contributed by atoms with Crippen LogP contribution in [0, 0.1) is 0 Å². The van der Waals surface area contributed by atoms with Crippen LogP contribution in [0.2, 0.25) is 0 Å². The molecule has 0 atom stereocenters. The number of carbonyl (C=O) groups is 1. The van der Waals surface area contributed by atoms with Crippen LogP contribution in [-0.2, 0) is 4.79 Å². The van der Waals surface area contributed by atoms with Gasteiger partial charge in [0.25, 0.3) is 0 Å². The van der Waals surface area contributed by atoms with E-state index in [0.717, 1.165) is 33.7 Å². The molecule has 0 saturated heterocycles. The first kappa shape index (κ1) is 13.9. The van der Waals surface area contributed by atoms with E-state index in [-0.39, 0.29) is 0 Å². The fraction of sp³-hybridized carbons (Fsp3) is 0.118. The lowest BCUT2D eigenvalue weighted by atomic mass is 10.0. The smallest absolute Gasteiger partial charge is 0.328 e. The Morgan fingerprint density at radius 1 is 1.15 bits per heavy atom. The summed E-state index contributed by atoms with van der Waals surface area (Å²) < 4.78 is 5.20. The predicted octanol–water partition coefficient (Wildman–Crippen LogP) is 3.89. The van der Waals surface area contributed by atoms with Crippen molar-refractivity contribution in [3.63, 3.8) is 0 Å².